The molecule has 0 saturated carbocycles. The summed E-state index contributed by atoms with van der Waals surface area (Å²) in [6.45, 7) is 7.12. The smallest absolute Gasteiger partial charge is 0.870 e. The van der Waals surface area contributed by atoms with Crippen molar-refractivity contribution >= 4 is 152 Å². The van der Waals surface area contributed by atoms with Gasteiger partial charge in [-0.15, -0.1) is 22.7 Å². The summed E-state index contributed by atoms with van der Waals surface area (Å²) in [6, 6.07) is 28.7. The quantitative estimate of drug-likeness (QED) is 0.0214. The number of aldehydes is 1. The van der Waals surface area contributed by atoms with Gasteiger partial charge in [0.15, 0.2) is 17.9 Å². The van der Waals surface area contributed by atoms with Gasteiger partial charge >= 0.3 is 36.8 Å². The topological polar surface area (TPSA) is 296 Å². The number of ketones is 2. The molecule has 488 valence electrons. The number of aliphatic carboxylic acids is 1. The Bertz CT molecular complexity index is 3930. The third-order valence-electron chi connectivity index (χ3n) is 11.9. The molecule has 0 radical (unpaired) electrons. The van der Waals surface area contributed by atoms with Crippen LogP contribution >= 0.6 is 92.3 Å². The number of amides is 1. The van der Waals surface area contributed by atoms with Gasteiger partial charge in [0.25, 0.3) is 0 Å². The predicted octanol–water partition coefficient (Wildman–Crippen LogP) is 12.1. The number of pyridine rings is 4. The summed E-state index contributed by atoms with van der Waals surface area (Å²) in [4.78, 5) is 94.5. The maximum atomic E-state index is 12.1. The molecule has 0 fully saturated rings. The van der Waals surface area contributed by atoms with Crippen LogP contribution in [0.5, 0.6) is 11.5 Å². The molecule has 94 heavy (non-hydrogen) atoms. The third-order valence-corrected chi connectivity index (χ3v) is 15.8. The van der Waals surface area contributed by atoms with Gasteiger partial charge in [-0.1, -0.05) is 102 Å². The number of carboxylic acids is 1. The molecule has 1 amide bonds. The van der Waals surface area contributed by atoms with Crippen LogP contribution in [0.1, 0.15) is 78.8 Å². The van der Waals surface area contributed by atoms with Crippen molar-refractivity contribution in [2.45, 2.75) is 46.3 Å². The second-order valence-corrected chi connectivity index (χ2v) is 23.1. The van der Waals surface area contributed by atoms with Crippen LogP contribution in [0.2, 0.25) is 30.7 Å². The number of aromatic nitrogens is 4. The van der Waals surface area contributed by atoms with Crippen LogP contribution in [-0.2, 0) is 41.5 Å². The molecule has 2 aliphatic rings. The summed E-state index contributed by atoms with van der Waals surface area (Å²) in [5, 5.41) is 13.9. The Kier molecular flexibility index (Phi) is 37.2. The molecule has 8 heterocycles. The molecule has 6 aromatic heterocycles. The van der Waals surface area contributed by atoms with Gasteiger partial charge in [0, 0.05) is 94.9 Å². The molecule has 2 atom stereocenters. The monoisotopic (exact) mass is 1430 g/mol. The van der Waals surface area contributed by atoms with Crippen molar-refractivity contribution in [3.05, 3.63) is 227 Å². The minimum atomic E-state index is -0.982. The first-order valence-corrected chi connectivity index (χ1v) is 30.6. The van der Waals surface area contributed by atoms with Crippen molar-refractivity contribution < 1.29 is 82.0 Å². The van der Waals surface area contributed by atoms with Crippen LogP contribution in [0.3, 0.4) is 0 Å². The number of carbonyl (C=O) groups is 7. The summed E-state index contributed by atoms with van der Waals surface area (Å²) in [5.74, 6) is -0.472. The van der Waals surface area contributed by atoms with E-state index < -0.39 is 17.9 Å². The fourth-order valence-electron chi connectivity index (χ4n) is 7.51. The number of rotatable bonds is 15. The molecule has 0 saturated heterocycles. The number of Topliss-reactive ketones (excluding diaryl/α,β-unsaturated/α-hetero) is 2. The largest absolute Gasteiger partial charge is 1.00 e. The number of carboxylic acid groups (broad SMARTS) is 1. The van der Waals surface area contributed by atoms with Crippen LogP contribution in [0.25, 0.3) is 39.1 Å². The molecule has 2 aromatic carbocycles. The summed E-state index contributed by atoms with van der Waals surface area (Å²) in [7, 11) is 2.64. The number of carbonyl (C=O) groups excluding carboxylic acids is 6. The molecule has 28 heteroatoms. The maximum Gasteiger partial charge on any atom is 1.00 e. The van der Waals surface area contributed by atoms with Crippen molar-refractivity contribution in [2.24, 2.45) is 5.73 Å². The van der Waals surface area contributed by atoms with E-state index in [0.29, 0.717) is 71.9 Å². The van der Waals surface area contributed by atoms with Crippen molar-refractivity contribution in [1.29, 1.82) is 0 Å². The Hall–Kier alpha value is -7.85. The van der Waals surface area contributed by atoms with Gasteiger partial charge < -0.3 is 40.6 Å². The Labute approximate surface area is 593 Å². The van der Waals surface area contributed by atoms with Gasteiger partial charge in [0.1, 0.15) is 44.3 Å². The third kappa shape index (κ3) is 28.0. The van der Waals surface area contributed by atoms with Crippen molar-refractivity contribution in [3.63, 3.8) is 0 Å². The number of esters is 2. The van der Waals surface area contributed by atoms with Gasteiger partial charge in [-0.05, 0) is 139 Å². The zero-order valence-corrected chi connectivity index (χ0v) is 56.4. The number of fused-ring (bicyclic) bond motifs is 2. The van der Waals surface area contributed by atoms with Crippen LogP contribution in [0, 0.1) is 0 Å². The van der Waals surface area contributed by atoms with Crippen LogP contribution in [-0.4, -0.2) is 112 Å². The molecular weight excluding hydrogens is 1370 g/mol. The summed E-state index contributed by atoms with van der Waals surface area (Å²) >= 11 is 38.0. The second kappa shape index (κ2) is 42.5. The minimum Gasteiger partial charge on any atom is -0.870 e. The Morgan fingerprint density at radius 1 is 0.606 bits per heavy atom. The molecule has 19 nitrogen and oxygen atoms in total. The second-order valence-electron chi connectivity index (χ2n) is 18.6. The van der Waals surface area contributed by atoms with Gasteiger partial charge in [-0.3, -0.25) is 19.2 Å². The van der Waals surface area contributed by atoms with E-state index in [1.807, 2.05) is 42.5 Å². The standard InChI is InChI=1S/C23H18Cl2N2O3S.C15H14ClNO2S.C9H8ClNO2.C8H6ClNO2.C6H4ClNO.C4H6O2.CH4.Li.H2O/c1-13(28)19-4-5-20(31-19)15-8-16-9-17(30-23(16)18(24)10-15)12-27-22(29)7-3-14-2-6-21(25)26-11-14;1-8(18)13-2-3-14(20-13)9-4-10-5-11(7-17)19-15(10)12(16)6-9;1-13-9(12)5-3-7-2-4-8(10)11-6-7;9-7-3-1-6(5-10-7)2-4-8(11)12;7-6-2-1-5(4-9)3-8-6;1-3-4(5)6-2;;;/h2-8,10-11,17H,9,12H2,1H3,(H,27,29);2-4,6,11H,5,7,17H2,1H3;2-6H,1H3;1-5H,(H,11,12);1-4H;3H,1H2,2H3;1H4;;1H2/q;;;;;;;+1;/p-1/b7-3+;;5-3+;4-2+;;;;;. The van der Waals surface area contributed by atoms with E-state index in [2.05, 4.69) is 47.4 Å². The van der Waals surface area contributed by atoms with Crippen molar-refractivity contribution in [1.82, 2.24) is 25.3 Å². The van der Waals surface area contributed by atoms with Crippen molar-refractivity contribution in [3.8, 4) is 32.4 Å². The van der Waals surface area contributed by atoms with E-state index in [0.717, 1.165) is 78.6 Å². The zero-order valence-electron chi connectivity index (χ0n) is 50.2. The molecule has 2 aliphatic heterocycles. The molecular formula is C66H61Cl6LiN6O13S2. The number of thiophene rings is 2. The molecule has 2 unspecified atom stereocenters. The molecule has 0 aliphatic carbocycles. The van der Waals surface area contributed by atoms with E-state index in [9.17, 15) is 33.6 Å². The fourth-order valence-corrected chi connectivity index (χ4v) is 10.3. The van der Waals surface area contributed by atoms with E-state index >= 15 is 0 Å². The number of nitrogens with zero attached hydrogens (tertiary/aromatic N) is 4. The number of methoxy groups -OCH3 is 2. The first-order valence-electron chi connectivity index (χ1n) is 26.7. The SMILES string of the molecule is C.C=CC(=O)OC.CC(=O)c1ccc(-c2cc(Cl)c3c(c2)CC(CN)O3)s1.CC(=O)c1ccc(-c2cc(Cl)c3c(c2)CC(CNC(=O)/C=C/c2ccc(Cl)nc2)O3)s1.COC(=O)/C=C/c1ccc(Cl)nc1.O=C(O)/C=C/c1ccc(Cl)nc1.O=Cc1ccc(Cl)nc1.[Li+].[OH-]. The van der Waals surface area contributed by atoms with Crippen LogP contribution in [0.4, 0.5) is 0 Å². The first kappa shape index (κ1) is 82.2. The van der Waals surface area contributed by atoms with Crippen molar-refractivity contribution in [2.75, 3.05) is 27.3 Å². The number of hydrogen-bond donors (Lipinski definition) is 3. The molecule has 0 bridgehead atoms. The van der Waals surface area contributed by atoms with Gasteiger partial charge in [-0.25, -0.2) is 34.3 Å². The predicted molar refractivity (Wildman–Crippen MR) is 368 cm³/mol. The average Bonchev–Trinajstić information content (AvgIpc) is 1.65. The molecule has 8 aromatic rings. The molecule has 0 spiro atoms. The van der Waals surface area contributed by atoms with Crippen LogP contribution in [0.15, 0.2) is 153 Å². The number of halogens is 6. The normalized spacial score (nSPS) is 12.6. The Morgan fingerprint density at radius 3 is 1.34 bits per heavy atom. The number of nitrogens with two attached hydrogens (primary N) is 1. The van der Waals surface area contributed by atoms with E-state index in [4.69, 9.17) is 89.9 Å². The summed E-state index contributed by atoms with van der Waals surface area (Å²) < 4.78 is 20.2. The van der Waals surface area contributed by atoms with Gasteiger partial charge in [-0.2, -0.15) is 0 Å². The number of hydrogen-bond acceptors (Lipinski definition) is 19. The maximum absolute atomic E-state index is 12.1. The van der Waals surface area contributed by atoms with E-state index in [1.54, 1.807) is 86.9 Å². The summed E-state index contributed by atoms with van der Waals surface area (Å²) in [6.07, 6.45) is 17.7. The zero-order chi connectivity index (χ0) is 66.6. The Balaban J connectivity index is 0.000000414. The summed E-state index contributed by atoms with van der Waals surface area (Å²) in [5.41, 5.74) is 12.5. The van der Waals surface area contributed by atoms with Crippen LogP contribution < -0.4 is 39.4 Å². The first-order chi connectivity index (χ1) is 43.5. The number of benzene rings is 2. The molecule has 10 rings (SSSR count). The van der Waals surface area contributed by atoms with Gasteiger partial charge in [0.05, 0.1) is 40.6 Å². The molecule has 5 N–H and O–H groups in total. The Morgan fingerprint density at radius 2 is 1.00 bits per heavy atom. The number of nitrogens with one attached hydrogen (secondary N) is 1. The van der Waals surface area contributed by atoms with Gasteiger partial charge in [0.2, 0.25) is 5.91 Å². The average molecular weight is 1430 g/mol. The van der Waals surface area contributed by atoms with E-state index in [-0.39, 0.29) is 61.4 Å². The number of ether oxygens (including phenoxy) is 4. The fraction of sp³-hybridized carbons (Fsp3) is 0.167. The van der Waals surface area contributed by atoms with E-state index in [1.165, 1.54) is 67.5 Å². The minimum absolute atomic E-state index is 0.